The number of nitrogens with one attached hydrogen (secondary N) is 1. The molecule has 1 heterocycles. The van der Waals surface area contributed by atoms with Crippen LogP contribution in [-0.4, -0.2) is 18.4 Å². The zero-order valence-corrected chi connectivity index (χ0v) is 18.8. The molecule has 168 valence electrons. The Bertz CT molecular complexity index is 1250. The van der Waals surface area contributed by atoms with Crippen LogP contribution in [0.3, 0.4) is 0 Å². The molecule has 3 aromatic rings. The number of hydrogen-bond donors (Lipinski definition) is 1. The average molecular weight is 445 g/mol. The lowest BCUT2D eigenvalue weighted by molar-refractivity contribution is -0.120. The van der Waals surface area contributed by atoms with Gasteiger partial charge < -0.3 is 10.1 Å². The van der Waals surface area contributed by atoms with Crippen LogP contribution in [0.1, 0.15) is 30.0 Å². The Morgan fingerprint density at radius 1 is 0.939 bits per heavy atom. The number of rotatable bonds is 7. The molecule has 6 heteroatoms. The van der Waals surface area contributed by atoms with Crippen molar-refractivity contribution in [2.24, 2.45) is 0 Å². The number of hydrogen-bond acceptors (Lipinski definition) is 4. The number of nitrogens with zero attached hydrogens (tertiary/aromatic N) is 1. The third kappa shape index (κ3) is 4.51. The van der Waals surface area contributed by atoms with Crippen LogP contribution in [0.25, 0.3) is 5.57 Å². The highest BCUT2D eigenvalue weighted by Crippen LogP contribution is 2.35. The summed E-state index contributed by atoms with van der Waals surface area (Å²) in [4.78, 5) is 27.9. The summed E-state index contributed by atoms with van der Waals surface area (Å²) >= 11 is 0. The van der Waals surface area contributed by atoms with Crippen molar-refractivity contribution in [2.75, 3.05) is 16.8 Å². The average Bonchev–Trinajstić information content (AvgIpc) is 3.04. The highest BCUT2D eigenvalue weighted by molar-refractivity contribution is 6.46. The fourth-order valence-corrected chi connectivity index (χ4v) is 3.79. The molecule has 5 nitrogen and oxygen atoms in total. The maximum atomic E-state index is 13.9. The van der Waals surface area contributed by atoms with Gasteiger partial charge in [-0.3, -0.25) is 9.59 Å². The molecule has 0 fully saturated rings. The van der Waals surface area contributed by atoms with Gasteiger partial charge in [-0.2, -0.15) is 0 Å². The van der Waals surface area contributed by atoms with E-state index in [-0.39, 0.29) is 17.0 Å². The lowest BCUT2D eigenvalue weighted by Gasteiger charge is -2.16. The first kappa shape index (κ1) is 22.3. The van der Waals surface area contributed by atoms with Crippen LogP contribution in [-0.2, 0) is 9.59 Å². The lowest BCUT2D eigenvalue weighted by Crippen LogP contribution is -2.32. The number of imide groups is 1. The molecule has 2 amide bonds. The Morgan fingerprint density at radius 3 is 2.36 bits per heavy atom. The number of carbonyl (C=O) groups excluding carboxylic acids is 2. The second-order valence-corrected chi connectivity index (χ2v) is 7.99. The normalized spacial score (nSPS) is 13.6. The lowest BCUT2D eigenvalue weighted by atomic mass is 10.0. The minimum atomic E-state index is -0.535. The molecule has 0 spiro atoms. The second kappa shape index (κ2) is 9.28. The van der Waals surface area contributed by atoms with Crippen molar-refractivity contribution in [3.8, 4) is 5.75 Å². The van der Waals surface area contributed by atoms with Crippen molar-refractivity contribution >= 4 is 28.8 Å². The number of aryl methyl sites for hydroxylation is 2. The molecule has 33 heavy (non-hydrogen) atoms. The van der Waals surface area contributed by atoms with Gasteiger partial charge in [-0.15, -0.1) is 0 Å². The number of amides is 2. The van der Waals surface area contributed by atoms with Crippen molar-refractivity contribution in [1.29, 1.82) is 0 Å². The predicted octanol–water partition coefficient (Wildman–Crippen LogP) is 5.63. The molecular formula is C27H25FN2O3. The van der Waals surface area contributed by atoms with E-state index in [9.17, 15) is 14.0 Å². The summed E-state index contributed by atoms with van der Waals surface area (Å²) in [5.41, 5.74) is 3.88. The summed E-state index contributed by atoms with van der Waals surface area (Å²) in [6.07, 6.45) is 0.881. The first-order valence-corrected chi connectivity index (χ1v) is 10.8. The molecule has 1 aliphatic rings. The molecular weight excluding hydrogens is 419 g/mol. The van der Waals surface area contributed by atoms with E-state index in [1.54, 1.807) is 24.3 Å². The van der Waals surface area contributed by atoms with Crippen molar-refractivity contribution in [1.82, 2.24) is 0 Å². The number of halogens is 1. The van der Waals surface area contributed by atoms with E-state index in [0.29, 0.717) is 17.9 Å². The molecule has 4 rings (SSSR count). The van der Waals surface area contributed by atoms with E-state index in [4.69, 9.17) is 4.74 Å². The van der Waals surface area contributed by atoms with Crippen LogP contribution in [0.4, 0.5) is 15.8 Å². The Hall–Kier alpha value is -3.93. The fourth-order valence-electron chi connectivity index (χ4n) is 3.79. The summed E-state index contributed by atoms with van der Waals surface area (Å²) in [6, 6.07) is 18.3. The molecule has 0 aliphatic carbocycles. The molecule has 1 N–H and O–H groups in total. The standard InChI is InChI=1S/C27H25FN2O3/c1-4-14-33-22-11-9-19(10-12-22)24-25(29-23-13-8-17(2)15-18(23)3)27(32)30(26(24)31)21-7-5-6-20(28)16-21/h5-13,15-16,29H,4,14H2,1-3H3. The monoisotopic (exact) mass is 444 g/mol. The minimum absolute atomic E-state index is 0.151. The molecule has 3 aromatic carbocycles. The summed E-state index contributed by atoms with van der Waals surface area (Å²) in [5, 5.41) is 3.17. The number of anilines is 2. The van der Waals surface area contributed by atoms with Gasteiger partial charge >= 0.3 is 0 Å². The van der Waals surface area contributed by atoms with E-state index < -0.39 is 17.6 Å². The quantitative estimate of drug-likeness (QED) is 0.480. The van der Waals surface area contributed by atoms with Crippen molar-refractivity contribution in [3.63, 3.8) is 0 Å². The Kier molecular flexibility index (Phi) is 6.27. The first-order chi connectivity index (χ1) is 15.9. The predicted molar refractivity (Wildman–Crippen MR) is 128 cm³/mol. The van der Waals surface area contributed by atoms with Gasteiger partial charge in [0.1, 0.15) is 17.3 Å². The van der Waals surface area contributed by atoms with Gasteiger partial charge in [0.2, 0.25) is 0 Å². The number of carbonyl (C=O) groups is 2. The summed E-state index contributed by atoms with van der Waals surface area (Å²) in [5.74, 6) is -0.890. The molecule has 0 bridgehead atoms. The van der Waals surface area contributed by atoms with Crippen molar-refractivity contribution < 1.29 is 18.7 Å². The Balaban J connectivity index is 1.78. The van der Waals surface area contributed by atoms with E-state index in [2.05, 4.69) is 5.32 Å². The maximum Gasteiger partial charge on any atom is 0.282 e. The van der Waals surface area contributed by atoms with Gasteiger partial charge in [0.05, 0.1) is 17.9 Å². The number of ether oxygens (including phenoxy) is 1. The van der Waals surface area contributed by atoms with Gasteiger partial charge in [0.15, 0.2) is 0 Å². The molecule has 0 atom stereocenters. The topological polar surface area (TPSA) is 58.6 Å². The van der Waals surface area contributed by atoms with Gasteiger partial charge in [-0.1, -0.05) is 42.8 Å². The van der Waals surface area contributed by atoms with Crippen molar-refractivity contribution in [3.05, 3.63) is 94.9 Å². The SMILES string of the molecule is CCCOc1ccc(C2=C(Nc3ccc(C)cc3C)C(=O)N(c3cccc(F)c3)C2=O)cc1. The van der Waals surface area contributed by atoms with Crippen LogP contribution < -0.4 is 15.0 Å². The summed E-state index contributed by atoms with van der Waals surface area (Å²) in [7, 11) is 0. The van der Waals surface area contributed by atoms with Crippen LogP contribution in [0.5, 0.6) is 5.75 Å². The molecule has 0 radical (unpaired) electrons. The Labute approximate surface area is 192 Å². The largest absolute Gasteiger partial charge is 0.494 e. The maximum absolute atomic E-state index is 13.9. The number of benzene rings is 3. The molecule has 0 saturated carbocycles. The fraction of sp³-hybridized carbons (Fsp3) is 0.185. The summed E-state index contributed by atoms with van der Waals surface area (Å²) in [6.45, 7) is 6.53. The minimum Gasteiger partial charge on any atom is -0.494 e. The second-order valence-electron chi connectivity index (χ2n) is 7.99. The summed E-state index contributed by atoms with van der Waals surface area (Å²) < 4.78 is 19.5. The smallest absolute Gasteiger partial charge is 0.282 e. The zero-order chi connectivity index (χ0) is 23.5. The van der Waals surface area contributed by atoms with Gasteiger partial charge in [-0.05, 0) is 67.8 Å². The van der Waals surface area contributed by atoms with Crippen LogP contribution in [0.2, 0.25) is 0 Å². The van der Waals surface area contributed by atoms with Gasteiger partial charge in [0, 0.05) is 5.69 Å². The van der Waals surface area contributed by atoms with Gasteiger partial charge in [0.25, 0.3) is 11.8 Å². The highest BCUT2D eigenvalue weighted by atomic mass is 19.1. The van der Waals surface area contributed by atoms with E-state index in [1.165, 1.54) is 24.3 Å². The zero-order valence-electron chi connectivity index (χ0n) is 18.8. The third-order valence-corrected chi connectivity index (χ3v) is 5.41. The van der Waals surface area contributed by atoms with E-state index in [1.807, 2.05) is 39.0 Å². The first-order valence-electron chi connectivity index (χ1n) is 10.8. The third-order valence-electron chi connectivity index (χ3n) is 5.41. The van der Waals surface area contributed by atoms with Crippen LogP contribution in [0.15, 0.2) is 72.4 Å². The molecule has 0 saturated heterocycles. The van der Waals surface area contributed by atoms with Crippen LogP contribution in [0, 0.1) is 19.7 Å². The van der Waals surface area contributed by atoms with Crippen molar-refractivity contribution in [2.45, 2.75) is 27.2 Å². The molecule has 1 aliphatic heterocycles. The van der Waals surface area contributed by atoms with E-state index in [0.717, 1.165) is 28.1 Å². The molecule has 0 aromatic heterocycles. The van der Waals surface area contributed by atoms with E-state index >= 15 is 0 Å². The molecule has 0 unspecified atom stereocenters. The Morgan fingerprint density at radius 2 is 1.70 bits per heavy atom. The van der Waals surface area contributed by atoms with Crippen LogP contribution >= 0.6 is 0 Å². The highest BCUT2D eigenvalue weighted by Gasteiger charge is 2.40. The van der Waals surface area contributed by atoms with Gasteiger partial charge in [-0.25, -0.2) is 9.29 Å².